The maximum absolute atomic E-state index is 13.8. The fraction of sp³-hybridized carbons (Fsp3) is 0.290. The molecule has 0 bridgehead atoms. The number of sulfonamides is 1. The smallest absolute Gasteiger partial charge is 0.410 e. The highest BCUT2D eigenvalue weighted by Gasteiger charge is 2.32. The standard InChI is InChI=1S/C31H35N5O7S/c1-22-11-13-27(14-12-22)44(40,41)34-28(20-25-9-6-10-26(19-25)29(32)33-43-23(2)37)30(38)35-15-17-36(18-16-35)31(39)42-21-24-7-4-3-5-8-24/h3-14,19,28,34H,15-18,20-21H2,1-2H3,(H2,32,33)/t28-/m0/s1. The van der Waals surface area contributed by atoms with Gasteiger partial charge in [0.1, 0.15) is 12.6 Å². The van der Waals surface area contributed by atoms with Gasteiger partial charge in [0.05, 0.1) is 4.90 Å². The number of hydrogen-bond donors (Lipinski definition) is 3. The molecule has 12 nitrogen and oxygen atoms in total. The number of aryl methyl sites for hydroxylation is 1. The van der Waals surface area contributed by atoms with Crippen LogP contribution in [-0.2, 0) is 42.2 Å². The van der Waals surface area contributed by atoms with Gasteiger partial charge in [0.25, 0.3) is 0 Å². The summed E-state index contributed by atoms with van der Waals surface area (Å²) in [5.41, 5.74) is 4.95. The van der Waals surface area contributed by atoms with E-state index in [1.54, 1.807) is 36.4 Å². The van der Waals surface area contributed by atoms with Crippen LogP contribution in [0.25, 0.3) is 0 Å². The molecule has 1 saturated heterocycles. The van der Waals surface area contributed by atoms with Crippen LogP contribution in [0.1, 0.15) is 29.2 Å². The Bertz CT molecular complexity index is 1590. The van der Waals surface area contributed by atoms with Crippen molar-refractivity contribution in [1.82, 2.24) is 20.0 Å². The molecule has 1 atom stereocenters. The highest BCUT2D eigenvalue weighted by Crippen LogP contribution is 2.16. The number of rotatable bonds is 9. The van der Waals surface area contributed by atoms with E-state index in [2.05, 4.69) is 15.0 Å². The zero-order chi connectivity index (χ0) is 31.7. The molecular formula is C31H35N5O7S. The van der Waals surface area contributed by atoms with E-state index in [-0.39, 0.29) is 49.9 Å². The molecule has 44 heavy (non-hydrogen) atoms. The second-order valence-corrected chi connectivity index (χ2v) is 12.0. The summed E-state index contributed by atoms with van der Waals surface area (Å²) in [6.45, 7) is 4.01. The number of nitrogens with zero attached hydrogens (tertiary/aromatic N) is 2. The molecule has 1 fully saturated rings. The lowest BCUT2D eigenvalue weighted by atomic mass is 10.0. The van der Waals surface area contributed by atoms with E-state index in [1.165, 1.54) is 28.9 Å². The van der Waals surface area contributed by atoms with E-state index in [4.69, 9.17) is 10.1 Å². The van der Waals surface area contributed by atoms with Crippen LogP contribution in [0, 0.1) is 12.3 Å². The summed E-state index contributed by atoms with van der Waals surface area (Å²) in [6.07, 6.45) is -0.503. The van der Waals surface area contributed by atoms with Crippen molar-refractivity contribution in [2.24, 2.45) is 0 Å². The highest BCUT2D eigenvalue weighted by molar-refractivity contribution is 7.89. The summed E-state index contributed by atoms with van der Waals surface area (Å²) in [6, 6.07) is 21.0. The van der Waals surface area contributed by atoms with Gasteiger partial charge < -0.3 is 19.4 Å². The molecule has 4 rings (SSSR count). The third kappa shape index (κ3) is 8.88. The Morgan fingerprint density at radius 3 is 2.18 bits per heavy atom. The molecule has 1 heterocycles. The molecule has 1 aliphatic rings. The molecule has 3 aromatic carbocycles. The van der Waals surface area contributed by atoms with Crippen LogP contribution >= 0.6 is 0 Å². The van der Waals surface area contributed by atoms with Crippen LogP contribution in [0.4, 0.5) is 4.79 Å². The number of amidine groups is 1. The van der Waals surface area contributed by atoms with E-state index in [1.807, 2.05) is 37.3 Å². The van der Waals surface area contributed by atoms with Gasteiger partial charge in [-0.1, -0.05) is 66.2 Å². The van der Waals surface area contributed by atoms with Crippen molar-refractivity contribution in [2.75, 3.05) is 26.2 Å². The monoisotopic (exact) mass is 621 g/mol. The van der Waals surface area contributed by atoms with Crippen LogP contribution in [0.2, 0.25) is 0 Å². The number of hydroxylamine groups is 1. The fourth-order valence-corrected chi connectivity index (χ4v) is 5.75. The predicted octanol–water partition coefficient (Wildman–Crippen LogP) is 2.76. The zero-order valence-corrected chi connectivity index (χ0v) is 25.3. The van der Waals surface area contributed by atoms with Crippen molar-refractivity contribution < 1.29 is 32.4 Å². The lowest BCUT2D eigenvalue weighted by Gasteiger charge is -2.36. The van der Waals surface area contributed by atoms with Gasteiger partial charge in [-0.3, -0.25) is 15.0 Å². The summed E-state index contributed by atoms with van der Waals surface area (Å²) >= 11 is 0. The predicted molar refractivity (Wildman–Crippen MR) is 162 cm³/mol. The largest absolute Gasteiger partial charge is 0.445 e. The topological polar surface area (TPSA) is 158 Å². The molecular weight excluding hydrogens is 586 g/mol. The van der Waals surface area contributed by atoms with Crippen molar-refractivity contribution >= 4 is 33.8 Å². The Morgan fingerprint density at radius 1 is 0.886 bits per heavy atom. The molecule has 2 amide bonds. The van der Waals surface area contributed by atoms with Gasteiger partial charge in [0.15, 0.2) is 5.84 Å². The molecule has 13 heteroatoms. The van der Waals surface area contributed by atoms with Crippen molar-refractivity contribution in [1.29, 1.82) is 5.41 Å². The van der Waals surface area contributed by atoms with Gasteiger partial charge in [0, 0.05) is 38.7 Å². The molecule has 3 N–H and O–H groups in total. The SMILES string of the molecule is CC(=O)ONC(=N)c1cccc(C[C@H](NS(=O)(=O)c2ccc(C)cc2)C(=O)N2CCN(C(=O)OCc3ccccc3)CC2)c1. The van der Waals surface area contributed by atoms with E-state index < -0.39 is 34.0 Å². The Hall–Kier alpha value is -4.75. The summed E-state index contributed by atoms with van der Waals surface area (Å²) in [7, 11) is -4.08. The van der Waals surface area contributed by atoms with Crippen LogP contribution in [-0.4, -0.2) is 74.2 Å². The lowest BCUT2D eigenvalue weighted by Crippen LogP contribution is -2.56. The van der Waals surface area contributed by atoms with Crippen LogP contribution < -0.4 is 10.2 Å². The van der Waals surface area contributed by atoms with E-state index in [0.717, 1.165) is 11.1 Å². The first kappa shape index (κ1) is 32.2. The van der Waals surface area contributed by atoms with Gasteiger partial charge in [-0.15, -0.1) is 0 Å². The summed E-state index contributed by atoms with van der Waals surface area (Å²) < 4.78 is 34.7. The number of benzene rings is 3. The first-order chi connectivity index (χ1) is 21.0. The minimum absolute atomic E-state index is 0.0159. The number of ether oxygens (including phenoxy) is 1. The molecule has 0 spiro atoms. The molecule has 0 aliphatic carbocycles. The molecule has 0 radical (unpaired) electrons. The lowest BCUT2D eigenvalue weighted by molar-refractivity contribution is -0.145. The van der Waals surface area contributed by atoms with Crippen molar-refractivity contribution in [3.05, 3.63) is 101 Å². The Labute approximate surface area is 256 Å². The van der Waals surface area contributed by atoms with Crippen molar-refractivity contribution in [3.63, 3.8) is 0 Å². The quantitative estimate of drug-likeness (QED) is 0.187. The normalized spacial score (nSPS) is 14.0. The third-order valence-electron chi connectivity index (χ3n) is 6.93. The Balaban J connectivity index is 1.47. The molecule has 0 unspecified atom stereocenters. The maximum Gasteiger partial charge on any atom is 0.410 e. The van der Waals surface area contributed by atoms with Gasteiger partial charge >= 0.3 is 12.1 Å². The van der Waals surface area contributed by atoms with Gasteiger partial charge in [-0.25, -0.2) is 18.7 Å². The first-order valence-electron chi connectivity index (χ1n) is 14.0. The molecule has 0 saturated carbocycles. The number of amides is 2. The van der Waals surface area contributed by atoms with Gasteiger partial charge in [-0.05, 0) is 42.7 Å². The fourth-order valence-electron chi connectivity index (χ4n) is 4.56. The summed E-state index contributed by atoms with van der Waals surface area (Å²) in [4.78, 5) is 45.3. The maximum atomic E-state index is 13.8. The highest BCUT2D eigenvalue weighted by atomic mass is 32.2. The molecule has 3 aromatic rings. The summed E-state index contributed by atoms with van der Waals surface area (Å²) in [5.74, 6) is -1.25. The average molecular weight is 622 g/mol. The zero-order valence-electron chi connectivity index (χ0n) is 24.5. The molecule has 0 aromatic heterocycles. The minimum Gasteiger partial charge on any atom is -0.445 e. The third-order valence-corrected chi connectivity index (χ3v) is 8.42. The van der Waals surface area contributed by atoms with Gasteiger partial charge in [-0.2, -0.15) is 4.72 Å². The van der Waals surface area contributed by atoms with Crippen LogP contribution in [0.15, 0.2) is 83.8 Å². The van der Waals surface area contributed by atoms with Crippen LogP contribution in [0.5, 0.6) is 0 Å². The second kappa shape index (κ2) is 14.6. The molecule has 1 aliphatic heterocycles. The van der Waals surface area contributed by atoms with E-state index >= 15 is 0 Å². The second-order valence-electron chi connectivity index (χ2n) is 10.3. The average Bonchev–Trinajstić information content (AvgIpc) is 3.02. The number of hydrogen-bond acceptors (Lipinski definition) is 8. The van der Waals surface area contributed by atoms with E-state index in [9.17, 15) is 22.8 Å². The summed E-state index contributed by atoms with van der Waals surface area (Å²) in [5, 5.41) is 8.14. The molecule has 232 valence electrons. The van der Waals surface area contributed by atoms with Gasteiger partial charge in [0.2, 0.25) is 15.9 Å². The Kier molecular flexibility index (Phi) is 10.7. The van der Waals surface area contributed by atoms with Crippen molar-refractivity contribution in [3.8, 4) is 0 Å². The van der Waals surface area contributed by atoms with E-state index in [0.29, 0.717) is 11.1 Å². The van der Waals surface area contributed by atoms with Crippen molar-refractivity contribution in [2.45, 2.75) is 37.8 Å². The first-order valence-corrected chi connectivity index (χ1v) is 15.4. The van der Waals surface area contributed by atoms with Crippen LogP contribution in [0.3, 0.4) is 0 Å². The number of carbonyl (C=O) groups excluding carboxylic acids is 3. The Morgan fingerprint density at radius 2 is 1.52 bits per heavy atom. The number of nitrogens with one attached hydrogen (secondary N) is 3. The minimum atomic E-state index is -4.08. The number of piperazine rings is 1. The number of carbonyl (C=O) groups is 3.